The Morgan fingerprint density at radius 2 is 1.58 bits per heavy atom. The van der Waals surface area contributed by atoms with Gasteiger partial charge >= 0.3 is 0 Å². The fourth-order valence-electron chi connectivity index (χ4n) is 2.27. The lowest BCUT2D eigenvalue weighted by Crippen LogP contribution is -1.95. The van der Waals surface area contributed by atoms with E-state index in [1.165, 1.54) is 5.56 Å². The van der Waals surface area contributed by atoms with Crippen LogP contribution in [0.5, 0.6) is 5.75 Å². The van der Waals surface area contributed by atoms with Gasteiger partial charge in [0, 0.05) is 0 Å². The summed E-state index contributed by atoms with van der Waals surface area (Å²) >= 11 is 0. The molecule has 0 saturated carbocycles. The zero-order valence-corrected chi connectivity index (χ0v) is 13.6. The molecule has 0 amide bonds. The standard InChI is InChI=1S/C21H20N2O/c1-17-7-5-6-10-21(17)23-22-15-18-11-13-20(14-12-18)24-16-19-8-3-2-4-9-19/h2-15,23H,16H2,1H3/b22-15+. The molecule has 3 nitrogen and oxygen atoms in total. The van der Waals surface area contributed by atoms with Crippen LogP contribution in [0.1, 0.15) is 16.7 Å². The van der Waals surface area contributed by atoms with E-state index >= 15 is 0 Å². The second-order valence-electron chi connectivity index (χ2n) is 5.53. The van der Waals surface area contributed by atoms with Crippen LogP contribution in [0.15, 0.2) is 84.0 Å². The molecule has 120 valence electrons. The summed E-state index contributed by atoms with van der Waals surface area (Å²) < 4.78 is 5.78. The van der Waals surface area contributed by atoms with E-state index in [2.05, 4.69) is 35.7 Å². The van der Waals surface area contributed by atoms with Crippen molar-refractivity contribution in [1.82, 2.24) is 0 Å². The maximum absolute atomic E-state index is 5.78. The highest BCUT2D eigenvalue weighted by Gasteiger charge is 1.96. The molecule has 0 aliphatic heterocycles. The van der Waals surface area contributed by atoms with Crippen molar-refractivity contribution in [1.29, 1.82) is 0 Å². The average molecular weight is 316 g/mol. The summed E-state index contributed by atoms with van der Waals surface area (Å²) in [6.07, 6.45) is 1.80. The Labute approximate surface area is 142 Å². The molecule has 0 saturated heterocycles. The molecule has 0 spiro atoms. The van der Waals surface area contributed by atoms with Crippen molar-refractivity contribution in [3.63, 3.8) is 0 Å². The van der Waals surface area contributed by atoms with Crippen molar-refractivity contribution in [3.8, 4) is 5.75 Å². The second kappa shape index (κ2) is 7.97. The number of hydrogen-bond acceptors (Lipinski definition) is 3. The van der Waals surface area contributed by atoms with Crippen molar-refractivity contribution < 1.29 is 4.74 Å². The number of ether oxygens (including phenoxy) is 1. The summed E-state index contributed by atoms with van der Waals surface area (Å²) in [6, 6.07) is 26.1. The molecule has 0 aliphatic rings. The maximum Gasteiger partial charge on any atom is 0.119 e. The Morgan fingerprint density at radius 3 is 2.33 bits per heavy atom. The molecule has 3 aromatic rings. The molecule has 0 aliphatic carbocycles. The van der Waals surface area contributed by atoms with Crippen LogP contribution in [-0.2, 0) is 6.61 Å². The minimum absolute atomic E-state index is 0.573. The van der Waals surface area contributed by atoms with Gasteiger partial charge in [-0.1, -0.05) is 48.5 Å². The molecule has 0 heterocycles. The number of aryl methyl sites for hydroxylation is 1. The molecule has 0 atom stereocenters. The minimum atomic E-state index is 0.573. The molecule has 0 bridgehead atoms. The predicted molar refractivity (Wildman–Crippen MR) is 99.6 cm³/mol. The lowest BCUT2D eigenvalue weighted by atomic mass is 10.2. The quantitative estimate of drug-likeness (QED) is 0.512. The third-order valence-corrected chi connectivity index (χ3v) is 3.67. The van der Waals surface area contributed by atoms with E-state index in [1.807, 2.05) is 60.7 Å². The van der Waals surface area contributed by atoms with Gasteiger partial charge in [-0.2, -0.15) is 5.10 Å². The molecular formula is C21H20N2O. The van der Waals surface area contributed by atoms with Crippen molar-refractivity contribution >= 4 is 11.9 Å². The average Bonchev–Trinajstić information content (AvgIpc) is 2.63. The first-order valence-electron chi connectivity index (χ1n) is 7.93. The number of nitrogens with one attached hydrogen (secondary N) is 1. The van der Waals surface area contributed by atoms with Crippen LogP contribution in [0.3, 0.4) is 0 Å². The Bertz CT molecular complexity index is 796. The molecule has 3 aromatic carbocycles. The fourth-order valence-corrected chi connectivity index (χ4v) is 2.27. The van der Waals surface area contributed by atoms with Crippen molar-refractivity contribution in [3.05, 3.63) is 95.6 Å². The molecule has 3 rings (SSSR count). The highest BCUT2D eigenvalue weighted by Crippen LogP contribution is 2.15. The Balaban J connectivity index is 1.54. The number of benzene rings is 3. The van der Waals surface area contributed by atoms with Crippen LogP contribution in [0.25, 0.3) is 0 Å². The molecule has 0 radical (unpaired) electrons. The summed E-state index contributed by atoms with van der Waals surface area (Å²) in [5.74, 6) is 0.850. The smallest absolute Gasteiger partial charge is 0.119 e. The van der Waals surface area contributed by atoms with E-state index in [0.717, 1.165) is 22.6 Å². The first-order chi connectivity index (χ1) is 11.8. The van der Waals surface area contributed by atoms with E-state index in [-0.39, 0.29) is 0 Å². The van der Waals surface area contributed by atoms with Gasteiger partial charge in [0.05, 0.1) is 11.9 Å². The van der Waals surface area contributed by atoms with E-state index in [9.17, 15) is 0 Å². The largest absolute Gasteiger partial charge is 0.489 e. The number of para-hydroxylation sites is 1. The first-order valence-corrected chi connectivity index (χ1v) is 7.93. The van der Waals surface area contributed by atoms with Gasteiger partial charge in [0.1, 0.15) is 12.4 Å². The molecule has 0 aromatic heterocycles. The highest BCUT2D eigenvalue weighted by molar-refractivity contribution is 5.80. The monoisotopic (exact) mass is 316 g/mol. The van der Waals surface area contributed by atoms with Gasteiger partial charge in [-0.15, -0.1) is 0 Å². The number of hydrazone groups is 1. The van der Waals surface area contributed by atoms with Gasteiger partial charge in [-0.3, -0.25) is 5.43 Å². The minimum Gasteiger partial charge on any atom is -0.489 e. The van der Waals surface area contributed by atoms with Crippen LogP contribution < -0.4 is 10.2 Å². The predicted octanol–water partition coefficient (Wildman–Crippen LogP) is 5.02. The number of nitrogens with zero attached hydrogens (tertiary/aromatic N) is 1. The van der Waals surface area contributed by atoms with E-state index in [1.54, 1.807) is 6.21 Å². The normalized spacial score (nSPS) is 10.7. The SMILES string of the molecule is Cc1ccccc1N/N=C/c1ccc(OCc2ccccc2)cc1. The first kappa shape index (κ1) is 15.8. The van der Waals surface area contributed by atoms with Crippen LogP contribution in [0.4, 0.5) is 5.69 Å². The third-order valence-electron chi connectivity index (χ3n) is 3.67. The van der Waals surface area contributed by atoms with E-state index in [0.29, 0.717) is 6.61 Å². The Hall–Kier alpha value is -3.07. The summed E-state index contributed by atoms with van der Waals surface area (Å²) in [4.78, 5) is 0. The maximum atomic E-state index is 5.78. The van der Waals surface area contributed by atoms with Crippen molar-refractivity contribution in [2.24, 2.45) is 5.10 Å². The molecule has 1 N–H and O–H groups in total. The molecule has 3 heteroatoms. The van der Waals surface area contributed by atoms with Crippen LogP contribution >= 0.6 is 0 Å². The summed E-state index contributed by atoms with van der Waals surface area (Å²) in [6.45, 7) is 2.62. The van der Waals surface area contributed by atoms with Crippen LogP contribution in [0, 0.1) is 6.92 Å². The lowest BCUT2D eigenvalue weighted by molar-refractivity contribution is 0.306. The fraction of sp³-hybridized carbons (Fsp3) is 0.0952. The van der Waals surface area contributed by atoms with E-state index < -0.39 is 0 Å². The number of rotatable bonds is 6. The Morgan fingerprint density at radius 1 is 0.875 bits per heavy atom. The van der Waals surface area contributed by atoms with Crippen molar-refractivity contribution in [2.45, 2.75) is 13.5 Å². The van der Waals surface area contributed by atoms with Gasteiger partial charge in [0.15, 0.2) is 0 Å². The molecule has 0 fully saturated rings. The highest BCUT2D eigenvalue weighted by atomic mass is 16.5. The zero-order chi connectivity index (χ0) is 16.6. The number of anilines is 1. The van der Waals surface area contributed by atoms with Crippen LogP contribution in [-0.4, -0.2) is 6.21 Å². The van der Waals surface area contributed by atoms with E-state index in [4.69, 9.17) is 4.74 Å². The van der Waals surface area contributed by atoms with Crippen molar-refractivity contribution in [2.75, 3.05) is 5.43 Å². The third kappa shape index (κ3) is 4.46. The van der Waals surface area contributed by atoms with Crippen LogP contribution in [0.2, 0.25) is 0 Å². The summed E-state index contributed by atoms with van der Waals surface area (Å²) in [5.41, 5.74) is 7.41. The van der Waals surface area contributed by atoms with Gasteiger partial charge < -0.3 is 4.74 Å². The Kier molecular flexibility index (Phi) is 5.25. The zero-order valence-electron chi connectivity index (χ0n) is 13.6. The molecular weight excluding hydrogens is 296 g/mol. The van der Waals surface area contributed by atoms with Gasteiger partial charge in [-0.05, 0) is 53.9 Å². The summed E-state index contributed by atoms with van der Waals surface area (Å²) in [5, 5.41) is 4.28. The molecule has 0 unspecified atom stereocenters. The number of hydrogen-bond donors (Lipinski definition) is 1. The lowest BCUT2D eigenvalue weighted by Gasteiger charge is -2.06. The van der Waals surface area contributed by atoms with Gasteiger partial charge in [-0.25, -0.2) is 0 Å². The van der Waals surface area contributed by atoms with Gasteiger partial charge in [0.2, 0.25) is 0 Å². The second-order valence-corrected chi connectivity index (χ2v) is 5.53. The molecule has 24 heavy (non-hydrogen) atoms. The topological polar surface area (TPSA) is 33.6 Å². The van der Waals surface area contributed by atoms with Gasteiger partial charge in [0.25, 0.3) is 0 Å². The summed E-state index contributed by atoms with van der Waals surface area (Å²) in [7, 11) is 0.